The van der Waals surface area contributed by atoms with Gasteiger partial charge < -0.3 is 15.4 Å². The molecule has 1 heterocycles. The fourth-order valence-corrected chi connectivity index (χ4v) is 2.59. The number of nitrogens with two attached hydrogens (primary N) is 1. The molecule has 1 aromatic carbocycles. The Morgan fingerprint density at radius 2 is 2.15 bits per heavy atom. The predicted molar refractivity (Wildman–Crippen MR) is 80.1 cm³/mol. The number of benzene rings is 1. The van der Waals surface area contributed by atoms with Gasteiger partial charge in [0.2, 0.25) is 0 Å². The summed E-state index contributed by atoms with van der Waals surface area (Å²) in [5, 5.41) is 0.652. The van der Waals surface area contributed by atoms with E-state index in [1.807, 2.05) is 17.9 Å². The molecule has 5 heteroatoms. The monoisotopic (exact) mass is 296 g/mol. The maximum atomic E-state index is 12.0. The van der Waals surface area contributed by atoms with Crippen LogP contribution in [0.3, 0.4) is 0 Å². The maximum absolute atomic E-state index is 12.0. The highest BCUT2D eigenvalue weighted by Crippen LogP contribution is 2.24. The second-order valence-corrected chi connectivity index (χ2v) is 5.75. The Morgan fingerprint density at radius 1 is 1.45 bits per heavy atom. The van der Waals surface area contributed by atoms with E-state index in [0.29, 0.717) is 17.2 Å². The first-order valence-electron chi connectivity index (χ1n) is 7.01. The van der Waals surface area contributed by atoms with Crippen molar-refractivity contribution in [2.24, 2.45) is 5.73 Å². The van der Waals surface area contributed by atoms with Gasteiger partial charge in [-0.25, -0.2) is 0 Å². The summed E-state index contributed by atoms with van der Waals surface area (Å²) < 4.78 is 5.66. The Hall–Kier alpha value is -1.26. The van der Waals surface area contributed by atoms with Gasteiger partial charge in [-0.2, -0.15) is 0 Å². The lowest BCUT2D eigenvalue weighted by atomic mass is 10.1. The number of carbonyl (C=O) groups is 1. The van der Waals surface area contributed by atoms with Crippen LogP contribution in [0.15, 0.2) is 18.2 Å². The molecule has 1 fully saturated rings. The molecule has 0 aromatic heterocycles. The highest BCUT2D eigenvalue weighted by molar-refractivity contribution is 6.30. The van der Waals surface area contributed by atoms with E-state index in [1.54, 1.807) is 12.1 Å². The summed E-state index contributed by atoms with van der Waals surface area (Å²) in [4.78, 5) is 13.8. The lowest BCUT2D eigenvalue weighted by Gasteiger charge is -2.17. The Morgan fingerprint density at radius 3 is 2.80 bits per heavy atom. The van der Waals surface area contributed by atoms with E-state index in [4.69, 9.17) is 22.1 Å². The van der Waals surface area contributed by atoms with Crippen LogP contribution in [0, 0.1) is 0 Å². The number of hydrogen-bond acceptors (Lipinski definition) is 3. The first-order chi connectivity index (χ1) is 9.56. The molecule has 1 saturated heterocycles. The van der Waals surface area contributed by atoms with Crippen molar-refractivity contribution in [2.45, 2.75) is 32.2 Å². The molecule has 2 N–H and O–H groups in total. The van der Waals surface area contributed by atoms with Gasteiger partial charge in [-0.1, -0.05) is 11.6 Å². The summed E-state index contributed by atoms with van der Waals surface area (Å²) in [7, 11) is 0. The van der Waals surface area contributed by atoms with Gasteiger partial charge in [-0.05, 0) is 49.9 Å². The second-order valence-electron chi connectivity index (χ2n) is 5.31. The van der Waals surface area contributed by atoms with Gasteiger partial charge in [0.25, 0.3) is 5.91 Å². The standard InChI is InChI=1S/C15H21ClN2O2/c1-11(17)8-12-9-13(16)4-5-14(12)20-10-15(19)18-6-2-3-7-18/h4-5,9,11H,2-3,6-8,10,17H2,1H3. The minimum Gasteiger partial charge on any atom is -0.483 e. The molecule has 0 radical (unpaired) electrons. The number of halogens is 1. The molecule has 2 rings (SSSR count). The van der Waals surface area contributed by atoms with E-state index >= 15 is 0 Å². The summed E-state index contributed by atoms with van der Waals surface area (Å²) in [6.45, 7) is 3.69. The highest BCUT2D eigenvalue weighted by Gasteiger charge is 2.18. The van der Waals surface area contributed by atoms with Gasteiger partial charge in [0, 0.05) is 24.2 Å². The molecule has 0 spiro atoms. The van der Waals surface area contributed by atoms with Crippen LogP contribution in [-0.2, 0) is 11.2 Å². The molecular formula is C15H21ClN2O2. The molecule has 1 aliphatic rings. The number of carbonyl (C=O) groups excluding carboxylic acids is 1. The average molecular weight is 297 g/mol. The lowest BCUT2D eigenvalue weighted by Crippen LogP contribution is -2.32. The number of ether oxygens (including phenoxy) is 1. The van der Waals surface area contributed by atoms with Crippen molar-refractivity contribution in [3.63, 3.8) is 0 Å². The van der Waals surface area contributed by atoms with Crippen LogP contribution in [0.4, 0.5) is 0 Å². The molecule has 20 heavy (non-hydrogen) atoms. The SMILES string of the molecule is CC(N)Cc1cc(Cl)ccc1OCC(=O)N1CCCC1. The van der Waals surface area contributed by atoms with Crippen molar-refractivity contribution in [3.05, 3.63) is 28.8 Å². The van der Waals surface area contributed by atoms with Crippen molar-refractivity contribution < 1.29 is 9.53 Å². The van der Waals surface area contributed by atoms with Gasteiger partial charge in [0.15, 0.2) is 6.61 Å². The number of nitrogens with zero attached hydrogens (tertiary/aromatic N) is 1. The van der Waals surface area contributed by atoms with Crippen LogP contribution >= 0.6 is 11.6 Å². The number of amides is 1. The Balaban J connectivity index is 1.99. The summed E-state index contributed by atoms with van der Waals surface area (Å²) >= 11 is 6.00. The predicted octanol–water partition coefficient (Wildman–Crippen LogP) is 2.23. The van der Waals surface area contributed by atoms with Gasteiger partial charge >= 0.3 is 0 Å². The molecule has 0 aliphatic carbocycles. The Kier molecular flexibility index (Phi) is 5.26. The third-order valence-corrected chi connectivity index (χ3v) is 3.61. The zero-order chi connectivity index (χ0) is 14.5. The van der Waals surface area contributed by atoms with Crippen LogP contribution in [0.25, 0.3) is 0 Å². The van der Waals surface area contributed by atoms with Crippen LogP contribution in [0.5, 0.6) is 5.75 Å². The lowest BCUT2D eigenvalue weighted by molar-refractivity contribution is -0.132. The quantitative estimate of drug-likeness (QED) is 0.906. The van der Waals surface area contributed by atoms with Crippen molar-refractivity contribution in [1.29, 1.82) is 0 Å². The number of likely N-dealkylation sites (tertiary alicyclic amines) is 1. The summed E-state index contributed by atoms with van der Waals surface area (Å²) in [5.41, 5.74) is 6.77. The fraction of sp³-hybridized carbons (Fsp3) is 0.533. The topological polar surface area (TPSA) is 55.6 Å². The summed E-state index contributed by atoms with van der Waals surface area (Å²) in [5.74, 6) is 0.739. The zero-order valence-corrected chi connectivity index (χ0v) is 12.5. The van der Waals surface area contributed by atoms with Crippen LogP contribution in [0.2, 0.25) is 5.02 Å². The minimum atomic E-state index is 0.0186. The first kappa shape index (κ1) is 15.1. The minimum absolute atomic E-state index is 0.0186. The molecular weight excluding hydrogens is 276 g/mol. The Bertz CT molecular complexity index is 471. The van der Waals surface area contributed by atoms with Crippen molar-refractivity contribution in [2.75, 3.05) is 19.7 Å². The van der Waals surface area contributed by atoms with Crippen molar-refractivity contribution in [3.8, 4) is 5.75 Å². The summed E-state index contributed by atoms with van der Waals surface area (Å²) in [6.07, 6.45) is 2.85. The van der Waals surface area contributed by atoms with E-state index in [-0.39, 0.29) is 18.6 Å². The van der Waals surface area contributed by atoms with E-state index in [9.17, 15) is 4.79 Å². The van der Waals surface area contributed by atoms with Crippen LogP contribution in [0.1, 0.15) is 25.3 Å². The summed E-state index contributed by atoms with van der Waals surface area (Å²) in [6, 6.07) is 5.44. The van der Waals surface area contributed by atoms with Gasteiger partial charge in [-0.15, -0.1) is 0 Å². The molecule has 1 amide bonds. The molecule has 1 aliphatic heterocycles. The van der Waals surface area contributed by atoms with Gasteiger partial charge in [0.05, 0.1) is 0 Å². The molecule has 110 valence electrons. The van der Waals surface area contributed by atoms with Gasteiger partial charge in [-0.3, -0.25) is 4.79 Å². The zero-order valence-electron chi connectivity index (χ0n) is 11.8. The van der Waals surface area contributed by atoms with Gasteiger partial charge in [0.1, 0.15) is 5.75 Å². The highest BCUT2D eigenvalue weighted by atomic mass is 35.5. The normalized spacial score (nSPS) is 16.2. The van der Waals surface area contributed by atoms with Crippen LogP contribution < -0.4 is 10.5 Å². The van der Waals surface area contributed by atoms with Crippen molar-refractivity contribution >= 4 is 17.5 Å². The smallest absolute Gasteiger partial charge is 0.260 e. The first-order valence-corrected chi connectivity index (χ1v) is 7.38. The second kappa shape index (κ2) is 6.95. The molecule has 1 aromatic rings. The van der Waals surface area contributed by atoms with E-state index in [1.165, 1.54) is 0 Å². The largest absolute Gasteiger partial charge is 0.483 e. The third kappa shape index (κ3) is 4.12. The molecule has 0 saturated carbocycles. The number of rotatable bonds is 5. The van der Waals surface area contributed by atoms with E-state index < -0.39 is 0 Å². The Labute approximate surface area is 124 Å². The molecule has 1 unspecified atom stereocenters. The van der Waals surface area contributed by atoms with E-state index in [0.717, 1.165) is 31.5 Å². The fourth-order valence-electron chi connectivity index (χ4n) is 2.39. The number of hydrogen-bond donors (Lipinski definition) is 1. The maximum Gasteiger partial charge on any atom is 0.260 e. The molecule has 4 nitrogen and oxygen atoms in total. The van der Waals surface area contributed by atoms with E-state index in [2.05, 4.69) is 0 Å². The van der Waals surface area contributed by atoms with Crippen molar-refractivity contribution in [1.82, 2.24) is 4.90 Å². The van der Waals surface area contributed by atoms with Crippen LogP contribution in [-0.4, -0.2) is 36.5 Å². The molecule has 0 bridgehead atoms. The molecule has 1 atom stereocenters. The third-order valence-electron chi connectivity index (χ3n) is 3.37. The average Bonchev–Trinajstić information content (AvgIpc) is 2.90.